The fourth-order valence-corrected chi connectivity index (χ4v) is 1.07. The molecule has 78 valence electrons. The Morgan fingerprint density at radius 2 is 2.53 bits per heavy atom. The third-order valence-corrected chi connectivity index (χ3v) is 1.75. The minimum atomic E-state index is -0.380. The summed E-state index contributed by atoms with van der Waals surface area (Å²) in [6.45, 7) is 0.341. The standard InChI is InChI=1S/C7H9N7O/c1-14-3-2-5(11-14)4-8-7(15)6-9-12-13-10-6/h2-3H,4H2,1H3,(H,8,15)(H,9,10,12,13). The Bertz CT molecular complexity index is 446. The van der Waals surface area contributed by atoms with Crippen molar-refractivity contribution in [2.75, 3.05) is 0 Å². The minimum Gasteiger partial charge on any atom is -0.343 e. The summed E-state index contributed by atoms with van der Waals surface area (Å²) in [7, 11) is 1.81. The number of tetrazole rings is 1. The van der Waals surface area contributed by atoms with Gasteiger partial charge >= 0.3 is 0 Å². The molecule has 2 N–H and O–H groups in total. The summed E-state index contributed by atoms with van der Waals surface area (Å²) in [6.07, 6.45) is 1.80. The van der Waals surface area contributed by atoms with E-state index in [1.165, 1.54) is 0 Å². The highest BCUT2D eigenvalue weighted by atomic mass is 16.2. The van der Waals surface area contributed by atoms with Crippen LogP contribution >= 0.6 is 0 Å². The number of aryl methyl sites for hydroxylation is 1. The van der Waals surface area contributed by atoms with Crippen molar-refractivity contribution in [2.24, 2.45) is 7.05 Å². The molecule has 0 bridgehead atoms. The van der Waals surface area contributed by atoms with E-state index in [1.807, 2.05) is 13.1 Å². The highest BCUT2D eigenvalue weighted by Gasteiger charge is 2.10. The van der Waals surface area contributed by atoms with Crippen molar-refractivity contribution in [3.8, 4) is 0 Å². The summed E-state index contributed by atoms with van der Waals surface area (Å²) in [6, 6.07) is 1.82. The van der Waals surface area contributed by atoms with Gasteiger partial charge in [0.2, 0.25) is 0 Å². The lowest BCUT2D eigenvalue weighted by Crippen LogP contribution is -2.24. The molecule has 0 unspecified atom stereocenters. The molecule has 8 nitrogen and oxygen atoms in total. The van der Waals surface area contributed by atoms with Gasteiger partial charge in [0.05, 0.1) is 12.2 Å². The van der Waals surface area contributed by atoms with Gasteiger partial charge in [0.25, 0.3) is 11.7 Å². The zero-order valence-electron chi connectivity index (χ0n) is 8.01. The average molecular weight is 207 g/mol. The van der Waals surface area contributed by atoms with Crippen molar-refractivity contribution < 1.29 is 4.79 Å². The average Bonchev–Trinajstić information content (AvgIpc) is 2.84. The predicted octanol–water partition coefficient (Wildman–Crippen LogP) is -1.14. The van der Waals surface area contributed by atoms with E-state index in [1.54, 1.807) is 10.9 Å². The second kappa shape index (κ2) is 3.86. The molecule has 0 aliphatic heterocycles. The van der Waals surface area contributed by atoms with Crippen LogP contribution in [0.3, 0.4) is 0 Å². The highest BCUT2D eigenvalue weighted by molar-refractivity contribution is 5.89. The number of nitrogens with zero attached hydrogens (tertiary/aromatic N) is 5. The summed E-state index contributed by atoms with van der Waals surface area (Å²) in [4.78, 5) is 11.4. The Kier molecular flexibility index (Phi) is 2.40. The number of H-pyrrole nitrogens is 1. The van der Waals surface area contributed by atoms with Gasteiger partial charge in [-0.15, -0.1) is 10.2 Å². The van der Waals surface area contributed by atoms with E-state index in [0.29, 0.717) is 6.54 Å². The number of aromatic nitrogens is 6. The first-order chi connectivity index (χ1) is 7.25. The van der Waals surface area contributed by atoms with Gasteiger partial charge in [0.15, 0.2) is 0 Å². The van der Waals surface area contributed by atoms with Crippen molar-refractivity contribution in [3.63, 3.8) is 0 Å². The van der Waals surface area contributed by atoms with Gasteiger partial charge in [-0.25, -0.2) is 0 Å². The number of rotatable bonds is 3. The summed E-state index contributed by atoms with van der Waals surface area (Å²) in [5.41, 5.74) is 0.773. The molecule has 2 aromatic heterocycles. The maximum Gasteiger partial charge on any atom is 0.293 e. The van der Waals surface area contributed by atoms with E-state index in [0.717, 1.165) is 5.69 Å². The molecule has 1 amide bonds. The van der Waals surface area contributed by atoms with E-state index >= 15 is 0 Å². The first kappa shape index (κ1) is 9.31. The van der Waals surface area contributed by atoms with Crippen molar-refractivity contribution in [1.82, 2.24) is 35.7 Å². The van der Waals surface area contributed by atoms with Gasteiger partial charge in [-0.1, -0.05) is 0 Å². The normalized spacial score (nSPS) is 10.2. The number of amides is 1. The monoisotopic (exact) mass is 207 g/mol. The van der Waals surface area contributed by atoms with Gasteiger partial charge in [-0.2, -0.15) is 10.3 Å². The highest BCUT2D eigenvalue weighted by Crippen LogP contribution is 1.93. The molecule has 0 spiro atoms. The zero-order valence-corrected chi connectivity index (χ0v) is 8.01. The smallest absolute Gasteiger partial charge is 0.293 e. The Balaban J connectivity index is 1.91. The van der Waals surface area contributed by atoms with Crippen LogP contribution in [0.1, 0.15) is 16.3 Å². The van der Waals surface area contributed by atoms with Crippen molar-refractivity contribution in [3.05, 3.63) is 23.8 Å². The first-order valence-electron chi connectivity index (χ1n) is 4.26. The third kappa shape index (κ3) is 2.16. The summed E-state index contributed by atoms with van der Waals surface area (Å²) in [5.74, 6) is -0.361. The van der Waals surface area contributed by atoms with Crippen LogP contribution in [-0.4, -0.2) is 36.3 Å². The molecule has 8 heteroatoms. The lowest BCUT2D eigenvalue weighted by atomic mass is 10.4. The quantitative estimate of drug-likeness (QED) is 0.662. The number of aromatic amines is 1. The number of carbonyl (C=O) groups excluding carboxylic acids is 1. The van der Waals surface area contributed by atoms with Crippen LogP contribution in [-0.2, 0) is 13.6 Å². The molecule has 2 heterocycles. The molecule has 0 aromatic carbocycles. The van der Waals surface area contributed by atoms with Crippen molar-refractivity contribution >= 4 is 5.91 Å². The molecule has 0 aliphatic rings. The van der Waals surface area contributed by atoms with Crippen molar-refractivity contribution in [1.29, 1.82) is 0 Å². The third-order valence-electron chi connectivity index (χ3n) is 1.75. The summed E-state index contributed by atoms with van der Waals surface area (Å²) in [5, 5.41) is 19.3. The SMILES string of the molecule is Cn1ccc(CNC(=O)c2nn[nH]n2)n1. The molecule has 2 aromatic rings. The lowest BCUT2D eigenvalue weighted by Gasteiger charge is -1.97. The number of carbonyl (C=O) groups is 1. The van der Waals surface area contributed by atoms with Crippen LogP contribution in [0.5, 0.6) is 0 Å². The van der Waals surface area contributed by atoms with Crippen LogP contribution in [0.15, 0.2) is 12.3 Å². The zero-order chi connectivity index (χ0) is 10.7. The Labute approximate surface area is 84.7 Å². The number of hydrogen-bond acceptors (Lipinski definition) is 5. The molecule has 0 saturated heterocycles. The first-order valence-corrected chi connectivity index (χ1v) is 4.26. The Morgan fingerprint density at radius 1 is 1.67 bits per heavy atom. The number of hydrogen-bond donors (Lipinski definition) is 2. The molecule has 0 fully saturated rings. The lowest BCUT2D eigenvalue weighted by molar-refractivity contribution is 0.0940. The molecule has 2 rings (SSSR count). The van der Waals surface area contributed by atoms with Gasteiger partial charge in [0.1, 0.15) is 0 Å². The fraction of sp³-hybridized carbons (Fsp3) is 0.286. The second-order valence-corrected chi connectivity index (χ2v) is 2.90. The number of nitrogens with one attached hydrogen (secondary N) is 2. The predicted molar refractivity (Wildman–Crippen MR) is 48.6 cm³/mol. The van der Waals surface area contributed by atoms with Crippen LogP contribution < -0.4 is 5.32 Å². The van der Waals surface area contributed by atoms with Crippen LogP contribution in [0.2, 0.25) is 0 Å². The maximum absolute atomic E-state index is 11.4. The Morgan fingerprint density at radius 3 is 3.13 bits per heavy atom. The van der Waals surface area contributed by atoms with Gasteiger partial charge < -0.3 is 5.32 Å². The van der Waals surface area contributed by atoms with E-state index in [-0.39, 0.29) is 11.7 Å². The van der Waals surface area contributed by atoms with Crippen LogP contribution in [0.25, 0.3) is 0 Å². The van der Waals surface area contributed by atoms with E-state index < -0.39 is 0 Å². The van der Waals surface area contributed by atoms with Gasteiger partial charge in [0, 0.05) is 13.2 Å². The molecule has 15 heavy (non-hydrogen) atoms. The van der Waals surface area contributed by atoms with E-state index in [9.17, 15) is 4.79 Å². The van der Waals surface area contributed by atoms with Crippen molar-refractivity contribution in [2.45, 2.75) is 6.54 Å². The fourth-order valence-electron chi connectivity index (χ4n) is 1.07. The molecular formula is C7H9N7O. The van der Waals surface area contributed by atoms with E-state index in [2.05, 4.69) is 31.0 Å². The van der Waals surface area contributed by atoms with Gasteiger partial charge in [-0.05, 0) is 11.3 Å². The second-order valence-electron chi connectivity index (χ2n) is 2.90. The molecule has 0 saturated carbocycles. The van der Waals surface area contributed by atoms with E-state index in [4.69, 9.17) is 0 Å². The molecule has 0 atom stereocenters. The molecule has 0 aliphatic carbocycles. The van der Waals surface area contributed by atoms with Gasteiger partial charge in [-0.3, -0.25) is 9.48 Å². The summed E-state index contributed by atoms with van der Waals surface area (Å²) < 4.78 is 1.66. The largest absolute Gasteiger partial charge is 0.343 e. The minimum absolute atomic E-state index is 0.0194. The Hall–Kier alpha value is -2.25. The topological polar surface area (TPSA) is 101 Å². The van der Waals surface area contributed by atoms with Crippen LogP contribution in [0.4, 0.5) is 0 Å². The summed E-state index contributed by atoms with van der Waals surface area (Å²) >= 11 is 0. The molecular weight excluding hydrogens is 198 g/mol. The molecule has 0 radical (unpaired) electrons. The maximum atomic E-state index is 11.4. The van der Waals surface area contributed by atoms with Crippen LogP contribution in [0, 0.1) is 0 Å².